The van der Waals surface area contributed by atoms with Crippen LogP contribution in [0.1, 0.15) is 65.2 Å². The molecule has 0 aromatic rings. The number of rotatable bonds is 18. The van der Waals surface area contributed by atoms with E-state index in [0.29, 0.717) is 13.2 Å². The highest BCUT2D eigenvalue weighted by atomic mass is 28.2. The molecular weight excluding hydrogens is 360 g/mol. The summed E-state index contributed by atoms with van der Waals surface area (Å²) in [5.41, 5.74) is 0. The van der Waals surface area contributed by atoms with Gasteiger partial charge in [0.15, 0.2) is 0 Å². The van der Waals surface area contributed by atoms with E-state index in [1.807, 2.05) is 0 Å². The van der Waals surface area contributed by atoms with E-state index in [-0.39, 0.29) is 19.0 Å². The number of hydrogen-bond acceptors (Lipinski definition) is 4. The van der Waals surface area contributed by atoms with E-state index in [1.165, 1.54) is 62.0 Å². The third-order valence-corrected chi connectivity index (χ3v) is 8.34. The predicted molar refractivity (Wildman–Crippen MR) is 116 cm³/mol. The summed E-state index contributed by atoms with van der Waals surface area (Å²) >= 11 is 0. The molecule has 0 aliphatic rings. The van der Waals surface area contributed by atoms with Crippen LogP contribution in [0.3, 0.4) is 0 Å². The molecule has 0 heterocycles. The third-order valence-electron chi connectivity index (χ3n) is 4.34. The van der Waals surface area contributed by atoms with Crippen LogP contribution in [0, 0.1) is 0 Å². The maximum absolute atomic E-state index is 11.5. The molecule has 0 fully saturated rings. The van der Waals surface area contributed by atoms with Gasteiger partial charge in [0.1, 0.15) is 0 Å². The molecule has 0 spiro atoms. The minimum absolute atomic E-state index is 0.101. The Labute approximate surface area is 165 Å². The average Bonchev–Trinajstić information content (AvgIpc) is 2.64. The van der Waals surface area contributed by atoms with E-state index in [0.717, 1.165) is 25.7 Å². The van der Waals surface area contributed by atoms with Gasteiger partial charge in [0.25, 0.3) is 0 Å². The summed E-state index contributed by atoms with van der Waals surface area (Å²) < 4.78 is 10.2. The number of carbonyl (C=O) groups excluding carboxylic acids is 2. The van der Waals surface area contributed by atoms with Crippen LogP contribution >= 0.6 is 0 Å². The maximum Gasteiger partial charge on any atom is 0.331 e. The van der Waals surface area contributed by atoms with E-state index < -0.39 is 11.9 Å². The standard InChI is InChI=1S/C20H40O4Si2/c1-3-5-15-25-17-9-7-13-23-19(21)11-12-20(22)24-14-8-10-18-26-16-6-4-2/h11-12H,3-10,13-18,25-26H2,1-2H3/b12-11+. The van der Waals surface area contributed by atoms with Crippen LogP contribution in [0.2, 0.25) is 24.2 Å². The molecule has 0 rings (SSSR count). The molecule has 6 heteroatoms. The smallest absolute Gasteiger partial charge is 0.331 e. The molecule has 0 aliphatic carbocycles. The average molecular weight is 401 g/mol. The van der Waals surface area contributed by atoms with Gasteiger partial charge in [0.2, 0.25) is 0 Å². The molecule has 0 amide bonds. The molecule has 0 aromatic carbocycles. The van der Waals surface area contributed by atoms with Crippen molar-refractivity contribution >= 4 is 31.0 Å². The van der Waals surface area contributed by atoms with Crippen LogP contribution in [-0.4, -0.2) is 44.2 Å². The van der Waals surface area contributed by atoms with Gasteiger partial charge in [0.05, 0.1) is 13.2 Å². The molecule has 0 N–H and O–H groups in total. The Morgan fingerprint density at radius 1 is 0.654 bits per heavy atom. The zero-order valence-electron chi connectivity index (χ0n) is 17.1. The van der Waals surface area contributed by atoms with Crippen molar-refractivity contribution in [3.05, 3.63) is 12.2 Å². The lowest BCUT2D eigenvalue weighted by Crippen LogP contribution is -2.06. The van der Waals surface area contributed by atoms with E-state index in [1.54, 1.807) is 0 Å². The quantitative estimate of drug-likeness (QED) is 0.152. The fraction of sp³-hybridized carbons (Fsp3) is 0.800. The van der Waals surface area contributed by atoms with Crippen molar-refractivity contribution in [2.24, 2.45) is 0 Å². The second kappa shape index (κ2) is 20.4. The summed E-state index contributed by atoms with van der Waals surface area (Å²) in [5, 5.41) is 0. The van der Waals surface area contributed by atoms with Crippen molar-refractivity contribution in [1.82, 2.24) is 0 Å². The fourth-order valence-corrected chi connectivity index (χ4v) is 6.52. The molecule has 0 aromatic heterocycles. The van der Waals surface area contributed by atoms with Gasteiger partial charge in [-0.2, -0.15) is 0 Å². The Balaban J connectivity index is 3.45. The monoisotopic (exact) mass is 400 g/mol. The highest BCUT2D eigenvalue weighted by Gasteiger charge is 2.01. The number of carbonyl (C=O) groups is 2. The largest absolute Gasteiger partial charge is 0.463 e. The Kier molecular flexibility index (Phi) is 19.7. The summed E-state index contributed by atoms with van der Waals surface area (Å²) in [6.07, 6.45) is 11.8. The Hall–Kier alpha value is -0.886. The normalized spacial score (nSPS) is 11.9. The van der Waals surface area contributed by atoms with Crippen molar-refractivity contribution in [1.29, 1.82) is 0 Å². The molecule has 0 bridgehead atoms. The molecule has 0 saturated carbocycles. The van der Waals surface area contributed by atoms with E-state index in [9.17, 15) is 9.59 Å². The number of esters is 2. The number of hydrogen-bond donors (Lipinski definition) is 0. The van der Waals surface area contributed by atoms with Crippen molar-refractivity contribution in [2.45, 2.75) is 89.4 Å². The summed E-state index contributed by atoms with van der Waals surface area (Å²) in [4.78, 5) is 23.0. The van der Waals surface area contributed by atoms with Gasteiger partial charge in [-0.3, -0.25) is 0 Å². The van der Waals surface area contributed by atoms with Gasteiger partial charge >= 0.3 is 11.9 Å². The third kappa shape index (κ3) is 19.4. The van der Waals surface area contributed by atoms with Crippen molar-refractivity contribution < 1.29 is 19.1 Å². The first kappa shape index (κ1) is 25.1. The van der Waals surface area contributed by atoms with Gasteiger partial charge in [-0.15, -0.1) is 0 Å². The van der Waals surface area contributed by atoms with Gasteiger partial charge in [-0.05, 0) is 12.8 Å². The first-order valence-electron chi connectivity index (χ1n) is 10.7. The lowest BCUT2D eigenvalue weighted by Gasteiger charge is -2.03. The van der Waals surface area contributed by atoms with E-state index in [2.05, 4.69) is 13.8 Å². The molecule has 0 unspecified atom stereocenters. The first-order valence-corrected chi connectivity index (χ1v) is 14.7. The highest BCUT2D eigenvalue weighted by molar-refractivity contribution is 6.35. The fourth-order valence-electron chi connectivity index (χ4n) is 2.70. The number of ether oxygens (including phenoxy) is 2. The minimum Gasteiger partial charge on any atom is -0.463 e. The maximum atomic E-state index is 11.5. The van der Waals surface area contributed by atoms with Crippen LogP contribution in [0.4, 0.5) is 0 Å². The van der Waals surface area contributed by atoms with Gasteiger partial charge in [0, 0.05) is 31.2 Å². The molecule has 0 saturated heterocycles. The molecule has 0 aliphatic heterocycles. The van der Waals surface area contributed by atoms with Crippen LogP contribution < -0.4 is 0 Å². The van der Waals surface area contributed by atoms with Gasteiger partial charge < -0.3 is 9.47 Å². The highest BCUT2D eigenvalue weighted by Crippen LogP contribution is 2.03. The van der Waals surface area contributed by atoms with E-state index >= 15 is 0 Å². The van der Waals surface area contributed by atoms with E-state index in [4.69, 9.17) is 9.47 Å². The van der Waals surface area contributed by atoms with Crippen LogP contribution in [0.5, 0.6) is 0 Å². The van der Waals surface area contributed by atoms with Crippen molar-refractivity contribution in [3.63, 3.8) is 0 Å². The van der Waals surface area contributed by atoms with Crippen molar-refractivity contribution in [2.75, 3.05) is 13.2 Å². The molecule has 0 radical (unpaired) electrons. The molecule has 4 nitrogen and oxygen atoms in total. The summed E-state index contributed by atoms with van der Waals surface area (Å²) in [6, 6.07) is 5.53. The molecular formula is C20H40O4Si2. The lowest BCUT2D eigenvalue weighted by molar-refractivity contribution is -0.140. The second-order valence-electron chi connectivity index (χ2n) is 6.91. The second-order valence-corrected chi connectivity index (χ2v) is 11.2. The first-order chi connectivity index (χ1) is 12.7. The van der Waals surface area contributed by atoms with Crippen molar-refractivity contribution in [3.8, 4) is 0 Å². The summed E-state index contributed by atoms with van der Waals surface area (Å²) in [7, 11) is 0.202. The topological polar surface area (TPSA) is 52.6 Å². The SMILES string of the molecule is CCCC[SiH2]CCCCOC(=O)/C=C/C(=O)OCCCC[SiH2]CCCC. The minimum atomic E-state index is -0.452. The Morgan fingerprint density at radius 3 is 1.42 bits per heavy atom. The lowest BCUT2D eigenvalue weighted by atomic mass is 10.3. The predicted octanol–water partition coefficient (Wildman–Crippen LogP) is 3.80. The zero-order chi connectivity index (χ0) is 19.3. The van der Waals surface area contributed by atoms with Crippen LogP contribution in [-0.2, 0) is 19.1 Å². The summed E-state index contributed by atoms with van der Waals surface area (Å²) in [5.74, 6) is -0.904. The molecule has 152 valence electrons. The Morgan fingerprint density at radius 2 is 1.04 bits per heavy atom. The zero-order valence-corrected chi connectivity index (χ0v) is 19.9. The summed E-state index contributed by atoms with van der Waals surface area (Å²) in [6.45, 7) is 5.35. The van der Waals surface area contributed by atoms with Gasteiger partial charge in [-0.25, -0.2) is 9.59 Å². The van der Waals surface area contributed by atoms with Crippen LogP contribution in [0.15, 0.2) is 12.2 Å². The van der Waals surface area contributed by atoms with Crippen LogP contribution in [0.25, 0.3) is 0 Å². The molecule has 26 heavy (non-hydrogen) atoms. The van der Waals surface area contributed by atoms with Gasteiger partial charge in [-0.1, -0.05) is 76.5 Å². The Bertz CT molecular complexity index is 339. The number of unbranched alkanes of at least 4 members (excludes halogenated alkanes) is 4. The molecule has 0 atom stereocenters.